The molecule has 0 saturated carbocycles. The minimum Gasteiger partial charge on any atom is -0.478 e. The monoisotopic (exact) mass is 321 g/mol. The fourth-order valence-electron chi connectivity index (χ4n) is 2.54. The van der Waals surface area contributed by atoms with E-state index in [2.05, 4.69) is 30.7 Å². The molecule has 0 aliphatic carbocycles. The number of nitrogen functional groups attached to an aromatic ring is 1. The van der Waals surface area contributed by atoms with Gasteiger partial charge in [0.25, 0.3) is 0 Å². The molecule has 3 rings (SSSR count). The molecule has 0 aliphatic rings. The summed E-state index contributed by atoms with van der Waals surface area (Å²) in [6.45, 7) is 6.46. The van der Waals surface area contributed by atoms with Crippen LogP contribution in [-0.4, -0.2) is 21.0 Å². The number of fused-ring (bicyclic) bond motifs is 1. The molecule has 5 heteroatoms. The molecule has 1 aromatic heterocycles. The van der Waals surface area contributed by atoms with E-state index in [-0.39, 0.29) is 11.0 Å². The van der Waals surface area contributed by atoms with Gasteiger partial charge in [0.15, 0.2) is 5.82 Å². The van der Waals surface area contributed by atoms with Crippen molar-refractivity contribution in [3.05, 3.63) is 53.6 Å². The molecule has 3 N–H and O–H groups in total. The predicted octanol–water partition coefficient (Wildman–Crippen LogP) is 3.87. The molecule has 0 atom stereocenters. The van der Waals surface area contributed by atoms with E-state index >= 15 is 0 Å². The topological polar surface area (TPSA) is 89.1 Å². The van der Waals surface area contributed by atoms with Crippen molar-refractivity contribution in [1.82, 2.24) is 9.97 Å². The molecule has 122 valence electrons. The Morgan fingerprint density at radius 2 is 1.71 bits per heavy atom. The van der Waals surface area contributed by atoms with Gasteiger partial charge >= 0.3 is 5.97 Å². The fraction of sp³-hybridized carbons (Fsp3) is 0.211. The number of anilines is 1. The first kappa shape index (κ1) is 15.9. The minimum absolute atomic E-state index is 0.0676. The molecule has 0 amide bonds. The molecule has 0 aliphatic heterocycles. The van der Waals surface area contributed by atoms with E-state index < -0.39 is 5.97 Å². The van der Waals surface area contributed by atoms with Crippen LogP contribution in [0.4, 0.5) is 5.82 Å². The molecule has 0 fully saturated rings. The van der Waals surface area contributed by atoms with Crippen LogP contribution in [0.25, 0.3) is 22.3 Å². The summed E-state index contributed by atoms with van der Waals surface area (Å²) in [5.74, 6) is -0.167. The fourth-order valence-corrected chi connectivity index (χ4v) is 2.54. The number of carbonyl (C=O) groups is 1. The van der Waals surface area contributed by atoms with E-state index in [0.29, 0.717) is 22.5 Å². The SMILES string of the molecule is CC(C)(C)c1ccc(-c2nc(N)c3ccc(C(=O)O)cc3n2)cc1. The van der Waals surface area contributed by atoms with Crippen LogP contribution < -0.4 is 5.73 Å². The first-order valence-electron chi connectivity index (χ1n) is 7.67. The van der Waals surface area contributed by atoms with Crippen LogP contribution in [0.1, 0.15) is 36.7 Å². The van der Waals surface area contributed by atoms with Gasteiger partial charge in [-0.1, -0.05) is 45.0 Å². The van der Waals surface area contributed by atoms with Crippen molar-refractivity contribution in [2.75, 3.05) is 5.73 Å². The highest BCUT2D eigenvalue weighted by Crippen LogP contribution is 2.27. The summed E-state index contributed by atoms with van der Waals surface area (Å²) in [7, 11) is 0. The smallest absolute Gasteiger partial charge is 0.335 e. The van der Waals surface area contributed by atoms with E-state index in [1.165, 1.54) is 17.7 Å². The van der Waals surface area contributed by atoms with Crippen molar-refractivity contribution in [3.8, 4) is 11.4 Å². The highest BCUT2D eigenvalue weighted by molar-refractivity contribution is 5.96. The normalized spacial score (nSPS) is 11.6. The van der Waals surface area contributed by atoms with Gasteiger partial charge in [-0.15, -0.1) is 0 Å². The highest BCUT2D eigenvalue weighted by atomic mass is 16.4. The maximum Gasteiger partial charge on any atom is 0.335 e. The van der Waals surface area contributed by atoms with Gasteiger partial charge in [-0.2, -0.15) is 0 Å². The van der Waals surface area contributed by atoms with Crippen molar-refractivity contribution in [1.29, 1.82) is 0 Å². The van der Waals surface area contributed by atoms with Gasteiger partial charge in [0.1, 0.15) is 5.82 Å². The van der Waals surface area contributed by atoms with E-state index in [1.54, 1.807) is 6.07 Å². The molecular formula is C19H19N3O2. The Hall–Kier alpha value is -2.95. The molecule has 0 spiro atoms. The van der Waals surface area contributed by atoms with E-state index in [1.807, 2.05) is 24.3 Å². The Kier molecular flexibility index (Phi) is 3.72. The maximum absolute atomic E-state index is 11.1. The summed E-state index contributed by atoms with van der Waals surface area (Å²) < 4.78 is 0. The van der Waals surface area contributed by atoms with Gasteiger partial charge in [0.05, 0.1) is 11.1 Å². The summed E-state index contributed by atoms with van der Waals surface area (Å²) in [4.78, 5) is 20.0. The second-order valence-electron chi connectivity index (χ2n) is 6.80. The Morgan fingerprint density at radius 3 is 2.29 bits per heavy atom. The quantitative estimate of drug-likeness (QED) is 0.748. The largest absolute Gasteiger partial charge is 0.478 e. The predicted molar refractivity (Wildman–Crippen MR) is 95.0 cm³/mol. The van der Waals surface area contributed by atoms with E-state index in [4.69, 9.17) is 10.8 Å². The molecule has 0 unspecified atom stereocenters. The lowest BCUT2D eigenvalue weighted by Crippen LogP contribution is -2.10. The Balaban J connectivity index is 2.11. The van der Waals surface area contributed by atoms with Crippen molar-refractivity contribution in [2.45, 2.75) is 26.2 Å². The highest BCUT2D eigenvalue weighted by Gasteiger charge is 2.14. The lowest BCUT2D eigenvalue weighted by atomic mass is 9.87. The van der Waals surface area contributed by atoms with Gasteiger partial charge in [0, 0.05) is 10.9 Å². The Bertz CT molecular complexity index is 926. The van der Waals surface area contributed by atoms with E-state index in [0.717, 1.165) is 5.56 Å². The van der Waals surface area contributed by atoms with Crippen LogP contribution >= 0.6 is 0 Å². The number of hydrogen-bond donors (Lipinski definition) is 2. The molecular weight excluding hydrogens is 302 g/mol. The number of carboxylic acids is 1. The zero-order valence-corrected chi connectivity index (χ0v) is 13.9. The van der Waals surface area contributed by atoms with Crippen molar-refractivity contribution in [2.24, 2.45) is 0 Å². The van der Waals surface area contributed by atoms with Gasteiger partial charge in [-0.3, -0.25) is 0 Å². The zero-order valence-electron chi connectivity index (χ0n) is 13.9. The number of aromatic carboxylic acids is 1. The number of rotatable bonds is 2. The number of hydrogen-bond acceptors (Lipinski definition) is 4. The molecule has 3 aromatic rings. The molecule has 5 nitrogen and oxygen atoms in total. The van der Waals surface area contributed by atoms with Crippen LogP contribution in [-0.2, 0) is 5.41 Å². The van der Waals surface area contributed by atoms with Crippen molar-refractivity contribution < 1.29 is 9.90 Å². The van der Waals surface area contributed by atoms with Crippen molar-refractivity contribution >= 4 is 22.7 Å². The number of nitrogens with two attached hydrogens (primary N) is 1. The third kappa shape index (κ3) is 2.93. The summed E-state index contributed by atoms with van der Waals surface area (Å²) in [5.41, 5.74) is 8.85. The maximum atomic E-state index is 11.1. The Labute approximate surface area is 140 Å². The minimum atomic E-state index is -0.995. The number of aromatic nitrogens is 2. The first-order chi connectivity index (χ1) is 11.3. The average Bonchev–Trinajstić information content (AvgIpc) is 2.53. The van der Waals surface area contributed by atoms with Gasteiger partial charge in [-0.05, 0) is 29.2 Å². The molecule has 0 radical (unpaired) electrons. The van der Waals surface area contributed by atoms with Gasteiger partial charge in [0.2, 0.25) is 0 Å². The first-order valence-corrected chi connectivity index (χ1v) is 7.67. The van der Waals surface area contributed by atoms with Gasteiger partial charge < -0.3 is 10.8 Å². The molecule has 2 aromatic carbocycles. The van der Waals surface area contributed by atoms with Crippen LogP contribution in [0.5, 0.6) is 0 Å². The summed E-state index contributed by atoms with van der Waals surface area (Å²) in [6, 6.07) is 12.7. The molecule has 1 heterocycles. The third-order valence-corrected chi connectivity index (χ3v) is 3.98. The van der Waals surface area contributed by atoms with E-state index in [9.17, 15) is 4.79 Å². The van der Waals surface area contributed by atoms with Crippen LogP contribution in [0, 0.1) is 0 Å². The number of benzene rings is 2. The molecule has 24 heavy (non-hydrogen) atoms. The third-order valence-electron chi connectivity index (χ3n) is 3.98. The number of carboxylic acid groups (broad SMARTS) is 1. The second kappa shape index (κ2) is 5.60. The average molecular weight is 321 g/mol. The standard InChI is InChI=1S/C19H19N3O2/c1-19(2,3)13-7-4-11(5-8-13)17-21-15-10-12(18(23)24)6-9-14(15)16(20)22-17/h4-10H,1-3H3,(H,23,24)(H2,20,21,22). The molecule has 0 saturated heterocycles. The van der Waals surface area contributed by atoms with Crippen molar-refractivity contribution in [3.63, 3.8) is 0 Å². The summed E-state index contributed by atoms with van der Waals surface area (Å²) in [5, 5.41) is 9.78. The lowest BCUT2D eigenvalue weighted by Gasteiger charge is -2.19. The second-order valence-corrected chi connectivity index (χ2v) is 6.80. The lowest BCUT2D eigenvalue weighted by molar-refractivity contribution is 0.0697. The van der Waals surface area contributed by atoms with Gasteiger partial charge in [-0.25, -0.2) is 14.8 Å². The molecule has 0 bridgehead atoms. The summed E-state index contributed by atoms with van der Waals surface area (Å²) in [6.07, 6.45) is 0. The number of nitrogens with zero attached hydrogens (tertiary/aromatic N) is 2. The van der Waals surface area contributed by atoms with Crippen LogP contribution in [0.15, 0.2) is 42.5 Å². The summed E-state index contributed by atoms with van der Waals surface area (Å²) >= 11 is 0. The van der Waals surface area contributed by atoms with Crippen LogP contribution in [0.3, 0.4) is 0 Å². The van der Waals surface area contributed by atoms with Crippen LogP contribution in [0.2, 0.25) is 0 Å². The zero-order chi connectivity index (χ0) is 17.5. The Morgan fingerprint density at radius 1 is 1.04 bits per heavy atom.